The first kappa shape index (κ1) is 16.6. The number of rotatable bonds is 2. The van der Waals surface area contributed by atoms with Crippen LogP contribution in [-0.2, 0) is 16.4 Å². The van der Waals surface area contributed by atoms with Crippen LogP contribution in [0, 0.1) is 25.2 Å². The first-order valence-electron chi connectivity index (χ1n) is 8.33. The molecule has 2 heterocycles. The number of hydrogen-bond donors (Lipinski definition) is 0. The maximum Gasteiger partial charge on any atom is 0.264 e. The average Bonchev–Trinajstić information content (AvgIpc) is 3.06. The predicted octanol–water partition coefficient (Wildman–Crippen LogP) is 3.47. The summed E-state index contributed by atoms with van der Waals surface area (Å²) in [4.78, 5) is 4.44. The lowest BCUT2D eigenvalue weighted by Gasteiger charge is -2.21. The summed E-state index contributed by atoms with van der Waals surface area (Å²) in [5, 5.41) is 10.7. The number of aromatic nitrogens is 1. The van der Waals surface area contributed by atoms with E-state index in [9.17, 15) is 13.7 Å². The Bertz CT molecular complexity index is 1190. The molecule has 0 saturated carbocycles. The highest BCUT2D eigenvalue weighted by molar-refractivity contribution is 7.93. The first-order chi connectivity index (χ1) is 12.4. The number of fused-ring (bicyclic) bond motifs is 2. The van der Waals surface area contributed by atoms with Crippen molar-refractivity contribution in [3.8, 4) is 6.07 Å². The van der Waals surface area contributed by atoms with Gasteiger partial charge in [-0.1, -0.05) is 12.1 Å². The van der Waals surface area contributed by atoms with Gasteiger partial charge in [0.2, 0.25) is 0 Å². The predicted molar refractivity (Wildman–Crippen MR) is 101 cm³/mol. The van der Waals surface area contributed by atoms with Crippen molar-refractivity contribution in [2.45, 2.75) is 25.2 Å². The van der Waals surface area contributed by atoms with Crippen molar-refractivity contribution in [1.29, 1.82) is 5.26 Å². The SMILES string of the molecule is Cc1cc(C#N)cc2c1CCN2S(=O)(=O)c1cccc2cncc(C)c12. The van der Waals surface area contributed by atoms with Gasteiger partial charge in [0.05, 0.1) is 22.2 Å². The fraction of sp³-hybridized carbons (Fsp3) is 0.200. The van der Waals surface area contributed by atoms with Gasteiger partial charge in [-0.05, 0) is 55.2 Å². The molecule has 130 valence electrons. The van der Waals surface area contributed by atoms with Crippen molar-refractivity contribution in [3.63, 3.8) is 0 Å². The van der Waals surface area contributed by atoms with Crippen molar-refractivity contribution in [1.82, 2.24) is 4.98 Å². The van der Waals surface area contributed by atoms with Crippen LogP contribution in [0.2, 0.25) is 0 Å². The Balaban J connectivity index is 1.95. The molecule has 6 heteroatoms. The molecule has 0 aliphatic carbocycles. The van der Waals surface area contributed by atoms with E-state index in [4.69, 9.17) is 0 Å². The lowest BCUT2D eigenvalue weighted by molar-refractivity contribution is 0.593. The Hall–Kier alpha value is -2.91. The van der Waals surface area contributed by atoms with Crippen LogP contribution in [0.25, 0.3) is 10.8 Å². The van der Waals surface area contributed by atoms with Crippen LogP contribution in [0.5, 0.6) is 0 Å². The van der Waals surface area contributed by atoms with Gasteiger partial charge in [0.15, 0.2) is 0 Å². The minimum Gasteiger partial charge on any atom is -0.266 e. The zero-order chi connectivity index (χ0) is 18.5. The van der Waals surface area contributed by atoms with E-state index in [1.165, 1.54) is 4.31 Å². The van der Waals surface area contributed by atoms with E-state index in [0.717, 1.165) is 22.1 Å². The topological polar surface area (TPSA) is 74.1 Å². The summed E-state index contributed by atoms with van der Waals surface area (Å²) in [5.74, 6) is 0. The van der Waals surface area contributed by atoms with Gasteiger partial charge < -0.3 is 0 Å². The summed E-state index contributed by atoms with van der Waals surface area (Å²) in [7, 11) is -3.75. The van der Waals surface area contributed by atoms with Gasteiger partial charge in [-0.25, -0.2) is 8.42 Å². The summed E-state index contributed by atoms with van der Waals surface area (Å²) < 4.78 is 28.4. The Morgan fingerprint density at radius 1 is 1.15 bits per heavy atom. The highest BCUT2D eigenvalue weighted by atomic mass is 32.2. The lowest BCUT2D eigenvalue weighted by atomic mass is 10.0. The van der Waals surface area contributed by atoms with Crippen LogP contribution in [0.3, 0.4) is 0 Å². The number of pyridine rings is 1. The number of sulfonamides is 1. The summed E-state index contributed by atoms with van der Waals surface area (Å²) in [6.07, 6.45) is 4.01. The fourth-order valence-corrected chi connectivity index (χ4v) is 5.48. The highest BCUT2D eigenvalue weighted by Crippen LogP contribution is 2.37. The van der Waals surface area contributed by atoms with E-state index < -0.39 is 10.0 Å². The van der Waals surface area contributed by atoms with E-state index in [0.29, 0.717) is 29.6 Å². The molecule has 2 aromatic carbocycles. The molecule has 26 heavy (non-hydrogen) atoms. The Morgan fingerprint density at radius 2 is 1.96 bits per heavy atom. The van der Waals surface area contributed by atoms with Gasteiger partial charge >= 0.3 is 0 Å². The minimum atomic E-state index is -3.75. The van der Waals surface area contributed by atoms with E-state index in [1.807, 2.05) is 26.0 Å². The summed E-state index contributed by atoms with van der Waals surface area (Å²) >= 11 is 0. The van der Waals surface area contributed by atoms with Gasteiger partial charge in [0.25, 0.3) is 10.0 Å². The number of hydrogen-bond acceptors (Lipinski definition) is 4. The summed E-state index contributed by atoms with van der Waals surface area (Å²) in [5.41, 5.74) is 3.86. The molecule has 1 aliphatic heterocycles. The van der Waals surface area contributed by atoms with Crippen LogP contribution in [0.15, 0.2) is 47.6 Å². The zero-order valence-corrected chi connectivity index (χ0v) is 15.3. The Labute approximate surface area is 152 Å². The molecule has 0 bridgehead atoms. The molecule has 1 aromatic heterocycles. The Kier molecular flexibility index (Phi) is 3.70. The molecule has 0 saturated heterocycles. The minimum absolute atomic E-state index is 0.280. The van der Waals surface area contributed by atoms with Crippen molar-refractivity contribution < 1.29 is 8.42 Å². The normalized spacial score (nSPS) is 13.7. The van der Waals surface area contributed by atoms with E-state index >= 15 is 0 Å². The van der Waals surface area contributed by atoms with Crippen molar-refractivity contribution >= 4 is 26.5 Å². The number of nitrogens with zero attached hydrogens (tertiary/aromatic N) is 3. The maximum atomic E-state index is 13.5. The molecule has 0 fully saturated rings. The van der Waals surface area contributed by atoms with Gasteiger partial charge in [-0.3, -0.25) is 9.29 Å². The van der Waals surface area contributed by atoms with E-state index in [-0.39, 0.29) is 4.90 Å². The molecular formula is C20H17N3O2S. The molecule has 1 aliphatic rings. The van der Waals surface area contributed by atoms with Gasteiger partial charge in [-0.15, -0.1) is 0 Å². The smallest absolute Gasteiger partial charge is 0.264 e. The molecular weight excluding hydrogens is 346 g/mol. The highest BCUT2D eigenvalue weighted by Gasteiger charge is 2.33. The summed E-state index contributed by atoms with van der Waals surface area (Å²) in [6, 6.07) is 10.8. The molecule has 5 nitrogen and oxygen atoms in total. The second kappa shape index (κ2) is 5.82. The largest absolute Gasteiger partial charge is 0.266 e. The molecule has 4 rings (SSSR count). The van der Waals surface area contributed by atoms with Gasteiger partial charge in [0, 0.05) is 29.7 Å². The first-order valence-corrected chi connectivity index (χ1v) is 9.77. The number of aryl methyl sites for hydroxylation is 2. The van der Waals surface area contributed by atoms with Crippen LogP contribution < -0.4 is 4.31 Å². The molecule has 0 N–H and O–H groups in total. The monoisotopic (exact) mass is 363 g/mol. The second-order valence-corrected chi connectivity index (χ2v) is 8.37. The van der Waals surface area contributed by atoms with E-state index in [2.05, 4.69) is 11.1 Å². The molecule has 3 aromatic rings. The number of anilines is 1. The summed E-state index contributed by atoms with van der Waals surface area (Å²) in [6.45, 7) is 4.17. The third-order valence-electron chi connectivity index (χ3n) is 4.91. The third-order valence-corrected chi connectivity index (χ3v) is 6.77. The molecule has 0 spiro atoms. The van der Waals surface area contributed by atoms with Crippen LogP contribution in [0.4, 0.5) is 5.69 Å². The van der Waals surface area contributed by atoms with Crippen molar-refractivity contribution in [3.05, 3.63) is 65.0 Å². The lowest BCUT2D eigenvalue weighted by Crippen LogP contribution is -2.29. The fourth-order valence-electron chi connectivity index (χ4n) is 3.70. The van der Waals surface area contributed by atoms with Crippen LogP contribution >= 0.6 is 0 Å². The third kappa shape index (κ3) is 2.36. The average molecular weight is 363 g/mol. The van der Waals surface area contributed by atoms with Gasteiger partial charge in [-0.2, -0.15) is 5.26 Å². The number of benzene rings is 2. The van der Waals surface area contributed by atoms with Crippen molar-refractivity contribution in [2.75, 3.05) is 10.8 Å². The molecule has 0 atom stereocenters. The van der Waals surface area contributed by atoms with Crippen LogP contribution in [0.1, 0.15) is 22.3 Å². The van der Waals surface area contributed by atoms with Crippen molar-refractivity contribution in [2.24, 2.45) is 0 Å². The molecule has 0 unspecified atom stereocenters. The Morgan fingerprint density at radius 3 is 2.73 bits per heavy atom. The second-order valence-electron chi connectivity index (χ2n) is 6.54. The molecule has 0 amide bonds. The zero-order valence-electron chi connectivity index (χ0n) is 14.5. The van der Waals surface area contributed by atoms with Gasteiger partial charge in [0.1, 0.15) is 0 Å². The standard InChI is InChI=1S/C20H17N3O2S/c1-13-8-15(10-21)9-18-17(13)6-7-23(18)26(24,25)19-5-3-4-16-12-22-11-14(2)20(16)19/h3-5,8-9,11-12H,6-7H2,1-2H3. The quantitative estimate of drug-likeness (QED) is 0.699. The maximum absolute atomic E-state index is 13.5. The van der Waals surface area contributed by atoms with E-state index in [1.54, 1.807) is 30.6 Å². The molecule has 0 radical (unpaired) electrons. The number of nitriles is 1. The van der Waals surface area contributed by atoms with Crippen LogP contribution in [-0.4, -0.2) is 19.9 Å².